The third kappa shape index (κ3) is 2.42. The Morgan fingerprint density at radius 2 is 2.47 bits per heavy atom. The van der Waals surface area contributed by atoms with Gasteiger partial charge < -0.3 is 11.1 Å². The van der Waals surface area contributed by atoms with Gasteiger partial charge in [0.15, 0.2) is 0 Å². The lowest BCUT2D eigenvalue weighted by Crippen LogP contribution is -2.44. The summed E-state index contributed by atoms with van der Waals surface area (Å²) in [5.74, 6) is 0.403. The number of hydrogen-bond donors (Lipinski definition) is 2. The quantitative estimate of drug-likeness (QED) is 0.849. The highest BCUT2D eigenvalue weighted by Crippen LogP contribution is 2.37. The second-order valence-corrected chi connectivity index (χ2v) is 5.17. The van der Waals surface area contributed by atoms with Gasteiger partial charge in [-0.2, -0.15) is 0 Å². The fourth-order valence-electron chi connectivity index (χ4n) is 2.21. The summed E-state index contributed by atoms with van der Waals surface area (Å²) in [6.45, 7) is 1.91. The summed E-state index contributed by atoms with van der Waals surface area (Å²) >= 11 is 5.84. The second-order valence-electron chi connectivity index (χ2n) is 4.73. The number of rotatable bonds is 2. The van der Waals surface area contributed by atoms with Gasteiger partial charge in [0.2, 0.25) is 5.91 Å². The average Bonchev–Trinajstić information content (AvgIpc) is 2.60. The lowest BCUT2D eigenvalue weighted by atomic mass is 9.84. The van der Waals surface area contributed by atoms with E-state index in [9.17, 15) is 4.79 Å². The number of nitrogens with zero attached hydrogens (tertiary/aromatic N) is 1. The fourth-order valence-corrected chi connectivity index (χ4v) is 2.37. The normalized spacial score (nSPS) is 28.1. The molecule has 1 fully saturated rings. The van der Waals surface area contributed by atoms with Gasteiger partial charge in [0.1, 0.15) is 5.82 Å². The molecule has 1 aliphatic rings. The molecule has 1 amide bonds. The first-order valence-corrected chi connectivity index (χ1v) is 6.09. The molecule has 0 radical (unpaired) electrons. The number of hydrogen-bond acceptors (Lipinski definition) is 3. The van der Waals surface area contributed by atoms with Gasteiger partial charge in [-0.15, -0.1) is 0 Å². The van der Waals surface area contributed by atoms with Crippen molar-refractivity contribution in [3.8, 4) is 0 Å². The Morgan fingerprint density at radius 3 is 3.06 bits per heavy atom. The Morgan fingerprint density at radius 1 is 1.71 bits per heavy atom. The van der Waals surface area contributed by atoms with E-state index in [4.69, 9.17) is 17.3 Å². The maximum atomic E-state index is 12.2. The van der Waals surface area contributed by atoms with Crippen molar-refractivity contribution >= 4 is 23.3 Å². The molecule has 0 aliphatic heterocycles. The molecule has 1 aromatic heterocycles. The summed E-state index contributed by atoms with van der Waals surface area (Å²) in [5.41, 5.74) is 5.49. The molecule has 0 spiro atoms. The first-order valence-electron chi connectivity index (χ1n) is 5.71. The van der Waals surface area contributed by atoms with Crippen LogP contribution in [0.5, 0.6) is 0 Å². The summed E-state index contributed by atoms with van der Waals surface area (Å²) in [4.78, 5) is 16.2. The van der Waals surface area contributed by atoms with Crippen molar-refractivity contribution in [2.75, 3.05) is 5.32 Å². The van der Waals surface area contributed by atoms with Crippen LogP contribution in [0.15, 0.2) is 18.3 Å². The molecule has 1 aromatic rings. The number of carbonyl (C=O) groups is 1. The number of pyridine rings is 1. The molecular weight excluding hydrogens is 238 g/mol. The molecule has 1 saturated carbocycles. The zero-order chi connectivity index (χ0) is 12.5. The first-order chi connectivity index (χ1) is 8.02. The first kappa shape index (κ1) is 12.3. The highest BCUT2D eigenvalue weighted by atomic mass is 35.5. The third-order valence-electron chi connectivity index (χ3n) is 3.51. The molecule has 1 heterocycles. The van der Waals surface area contributed by atoms with Gasteiger partial charge in [0.25, 0.3) is 0 Å². The molecule has 17 heavy (non-hydrogen) atoms. The minimum absolute atomic E-state index is 0.0720. The van der Waals surface area contributed by atoms with Crippen molar-refractivity contribution < 1.29 is 4.79 Å². The van der Waals surface area contributed by atoms with Gasteiger partial charge >= 0.3 is 0 Å². The van der Waals surface area contributed by atoms with Crippen LogP contribution in [-0.2, 0) is 4.79 Å². The van der Waals surface area contributed by atoms with Crippen LogP contribution in [0.4, 0.5) is 5.82 Å². The molecule has 0 saturated heterocycles. The van der Waals surface area contributed by atoms with Crippen LogP contribution < -0.4 is 11.1 Å². The molecule has 1 aliphatic carbocycles. The topological polar surface area (TPSA) is 68.0 Å². The monoisotopic (exact) mass is 253 g/mol. The van der Waals surface area contributed by atoms with Crippen LogP contribution in [0.2, 0.25) is 5.02 Å². The van der Waals surface area contributed by atoms with E-state index in [1.54, 1.807) is 18.3 Å². The smallest absolute Gasteiger partial charge is 0.233 e. The van der Waals surface area contributed by atoms with Crippen molar-refractivity contribution in [2.24, 2.45) is 11.1 Å². The largest absolute Gasteiger partial charge is 0.327 e. The van der Waals surface area contributed by atoms with E-state index >= 15 is 0 Å². The van der Waals surface area contributed by atoms with Crippen LogP contribution in [0.25, 0.3) is 0 Å². The standard InChI is InChI=1S/C12H16ClN3O/c1-12(5-2-3-9(12)14)11(17)16-10-7-8(13)4-6-15-10/h4,6-7,9H,2-3,5,14H2,1H3,(H,15,16,17). The van der Waals surface area contributed by atoms with Crippen molar-refractivity contribution in [1.82, 2.24) is 4.98 Å². The molecule has 92 valence electrons. The number of nitrogens with one attached hydrogen (secondary N) is 1. The summed E-state index contributed by atoms with van der Waals surface area (Å²) < 4.78 is 0. The molecule has 2 unspecified atom stereocenters. The molecule has 0 bridgehead atoms. The Bertz CT molecular complexity index is 438. The Kier molecular flexibility index (Phi) is 3.35. The van der Waals surface area contributed by atoms with Gasteiger partial charge in [-0.3, -0.25) is 4.79 Å². The number of amides is 1. The lowest BCUT2D eigenvalue weighted by Gasteiger charge is -2.27. The van der Waals surface area contributed by atoms with E-state index < -0.39 is 5.41 Å². The minimum atomic E-state index is -0.496. The van der Waals surface area contributed by atoms with E-state index in [1.165, 1.54) is 0 Å². The predicted octanol–water partition coefficient (Wildman–Crippen LogP) is 2.19. The van der Waals surface area contributed by atoms with E-state index in [0.29, 0.717) is 10.8 Å². The fraction of sp³-hybridized carbons (Fsp3) is 0.500. The predicted molar refractivity (Wildman–Crippen MR) is 67.8 cm³/mol. The van der Waals surface area contributed by atoms with Gasteiger partial charge in [-0.1, -0.05) is 18.0 Å². The summed E-state index contributed by atoms with van der Waals surface area (Å²) in [5, 5.41) is 3.33. The molecule has 3 N–H and O–H groups in total. The zero-order valence-corrected chi connectivity index (χ0v) is 10.5. The van der Waals surface area contributed by atoms with Gasteiger partial charge in [-0.25, -0.2) is 4.98 Å². The van der Waals surface area contributed by atoms with E-state index in [2.05, 4.69) is 10.3 Å². The molecule has 5 heteroatoms. The number of halogens is 1. The summed E-state index contributed by atoms with van der Waals surface area (Å²) in [6, 6.07) is 3.21. The van der Waals surface area contributed by atoms with Crippen molar-refractivity contribution in [2.45, 2.75) is 32.2 Å². The number of nitrogens with two attached hydrogens (primary N) is 1. The number of aromatic nitrogens is 1. The SMILES string of the molecule is CC1(C(=O)Nc2cc(Cl)ccn2)CCCC1N. The maximum Gasteiger partial charge on any atom is 0.233 e. The number of carbonyl (C=O) groups excluding carboxylic acids is 1. The molecule has 2 rings (SSSR count). The van der Waals surface area contributed by atoms with Crippen molar-refractivity contribution in [3.05, 3.63) is 23.4 Å². The van der Waals surface area contributed by atoms with Crippen molar-refractivity contribution in [1.29, 1.82) is 0 Å². The van der Waals surface area contributed by atoms with Gasteiger partial charge in [0.05, 0.1) is 5.41 Å². The van der Waals surface area contributed by atoms with Gasteiger partial charge in [-0.05, 0) is 31.9 Å². The van der Waals surface area contributed by atoms with Crippen LogP contribution in [0.3, 0.4) is 0 Å². The molecule has 2 atom stereocenters. The van der Waals surface area contributed by atoms with E-state index in [-0.39, 0.29) is 11.9 Å². The van der Waals surface area contributed by atoms with Crippen molar-refractivity contribution in [3.63, 3.8) is 0 Å². The van der Waals surface area contributed by atoms with E-state index in [1.807, 2.05) is 6.92 Å². The van der Waals surface area contributed by atoms with Crippen LogP contribution >= 0.6 is 11.6 Å². The lowest BCUT2D eigenvalue weighted by molar-refractivity contribution is -0.125. The average molecular weight is 254 g/mol. The summed E-state index contributed by atoms with van der Waals surface area (Å²) in [6.07, 6.45) is 4.27. The molecular formula is C12H16ClN3O. The van der Waals surface area contributed by atoms with Gasteiger partial charge in [0, 0.05) is 17.3 Å². The highest BCUT2D eigenvalue weighted by Gasteiger charge is 2.43. The third-order valence-corrected chi connectivity index (χ3v) is 3.75. The highest BCUT2D eigenvalue weighted by molar-refractivity contribution is 6.30. The zero-order valence-electron chi connectivity index (χ0n) is 9.74. The van der Waals surface area contributed by atoms with Crippen LogP contribution in [0, 0.1) is 5.41 Å². The van der Waals surface area contributed by atoms with E-state index in [0.717, 1.165) is 19.3 Å². The second kappa shape index (κ2) is 4.63. The Labute approximate surface area is 106 Å². The summed E-state index contributed by atoms with van der Waals surface area (Å²) in [7, 11) is 0. The van der Waals surface area contributed by atoms with Crippen LogP contribution in [-0.4, -0.2) is 16.9 Å². The maximum absolute atomic E-state index is 12.2. The number of anilines is 1. The van der Waals surface area contributed by atoms with Crippen LogP contribution in [0.1, 0.15) is 26.2 Å². The minimum Gasteiger partial charge on any atom is -0.327 e. The Hall–Kier alpha value is -1.13. The molecule has 0 aromatic carbocycles. The molecule has 4 nitrogen and oxygen atoms in total. The Balaban J connectivity index is 2.12.